The summed E-state index contributed by atoms with van der Waals surface area (Å²) >= 11 is 0. The second-order valence-electron chi connectivity index (χ2n) is 5.03. The zero-order chi connectivity index (χ0) is 13.7. The van der Waals surface area contributed by atoms with Crippen LogP contribution in [-0.4, -0.2) is 5.91 Å². The Kier molecular flexibility index (Phi) is 4.46. The van der Waals surface area contributed by atoms with Crippen LogP contribution in [0.25, 0.3) is 0 Å². The monoisotopic (exact) mass is 256 g/mol. The number of benzene rings is 1. The van der Waals surface area contributed by atoms with Crippen molar-refractivity contribution in [3.63, 3.8) is 0 Å². The molecule has 1 aromatic carbocycles. The van der Waals surface area contributed by atoms with Crippen LogP contribution in [0.2, 0.25) is 0 Å². The quantitative estimate of drug-likeness (QED) is 0.483. The van der Waals surface area contributed by atoms with E-state index in [9.17, 15) is 4.79 Å². The number of aryl methyl sites for hydroxylation is 1. The maximum atomic E-state index is 11.9. The van der Waals surface area contributed by atoms with E-state index in [0.29, 0.717) is 6.42 Å². The molecule has 1 aliphatic carbocycles. The van der Waals surface area contributed by atoms with Gasteiger partial charge in [-0.05, 0) is 48.9 Å². The minimum atomic E-state index is 0.117. The third-order valence-electron chi connectivity index (χ3n) is 3.55. The normalized spacial score (nSPS) is 16.7. The zero-order valence-electron chi connectivity index (χ0n) is 11.1. The first-order valence-electron chi connectivity index (χ1n) is 6.82. The van der Waals surface area contributed by atoms with Gasteiger partial charge in [0, 0.05) is 18.5 Å². The highest BCUT2D eigenvalue weighted by atomic mass is 16.1. The van der Waals surface area contributed by atoms with E-state index in [2.05, 4.69) is 11.2 Å². The molecular formula is C16H20N2O. The van der Waals surface area contributed by atoms with Crippen LogP contribution in [0.1, 0.15) is 49.3 Å². The summed E-state index contributed by atoms with van der Waals surface area (Å²) in [5.41, 5.74) is 9.04. The third kappa shape index (κ3) is 3.51. The van der Waals surface area contributed by atoms with Gasteiger partial charge in [0.1, 0.15) is 0 Å². The molecule has 3 heteroatoms. The van der Waals surface area contributed by atoms with Gasteiger partial charge in [0.25, 0.3) is 0 Å². The molecular weight excluding hydrogens is 236 g/mol. The molecule has 0 spiro atoms. The molecule has 1 amide bonds. The number of nitrogens with two attached hydrogens (primary N) is 1. The van der Waals surface area contributed by atoms with Gasteiger partial charge in [0.05, 0.1) is 6.04 Å². The Labute approximate surface area is 114 Å². The molecule has 0 saturated heterocycles. The number of nitrogens with one attached hydrogen (secondary N) is 1. The highest BCUT2D eigenvalue weighted by Gasteiger charge is 2.23. The largest absolute Gasteiger partial charge is 0.399 e. The fourth-order valence-electron chi connectivity index (χ4n) is 2.57. The van der Waals surface area contributed by atoms with Crippen molar-refractivity contribution in [3.05, 3.63) is 29.3 Å². The summed E-state index contributed by atoms with van der Waals surface area (Å²) in [5, 5.41) is 3.10. The summed E-state index contributed by atoms with van der Waals surface area (Å²) in [6.45, 7) is 0. The molecule has 2 rings (SSSR count). The molecule has 1 unspecified atom stereocenters. The maximum absolute atomic E-state index is 11.9. The molecule has 0 aromatic heterocycles. The van der Waals surface area contributed by atoms with Gasteiger partial charge in [0.15, 0.2) is 0 Å². The van der Waals surface area contributed by atoms with Crippen LogP contribution in [0, 0.1) is 12.3 Å². The number of fused-ring (bicyclic) bond motifs is 1. The molecule has 0 aliphatic heterocycles. The Morgan fingerprint density at radius 1 is 1.47 bits per heavy atom. The van der Waals surface area contributed by atoms with E-state index in [1.54, 1.807) is 0 Å². The molecule has 1 atom stereocenters. The Balaban J connectivity index is 1.85. The van der Waals surface area contributed by atoms with E-state index in [1.165, 1.54) is 11.1 Å². The van der Waals surface area contributed by atoms with Gasteiger partial charge in [-0.2, -0.15) is 0 Å². The summed E-state index contributed by atoms with van der Waals surface area (Å²) in [6, 6.07) is 6.08. The lowest BCUT2D eigenvalue weighted by Gasteiger charge is -2.14. The van der Waals surface area contributed by atoms with Crippen LogP contribution in [-0.2, 0) is 11.2 Å². The highest BCUT2D eigenvalue weighted by molar-refractivity contribution is 5.76. The summed E-state index contributed by atoms with van der Waals surface area (Å²) in [4.78, 5) is 11.9. The zero-order valence-corrected chi connectivity index (χ0v) is 11.1. The number of terminal acetylenes is 1. The molecule has 3 nitrogen and oxygen atoms in total. The number of nitrogen functional groups attached to an aromatic ring is 1. The Morgan fingerprint density at radius 3 is 3.11 bits per heavy atom. The van der Waals surface area contributed by atoms with Crippen molar-refractivity contribution in [2.75, 3.05) is 5.73 Å². The third-order valence-corrected chi connectivity index (χ3v) is 3.55. The molecule has 1 aliphatic rings. The lowest BCUT2D eigenvalue weighted by molar-refractivity contribution is -0.121. The first-order valence-corrected chi connectivity index (χ1v) is 6.82. The SMILES string of the molecule is C#CCCCCC(=O)NC1CCc2cc(N)ccc21. The Hall–Kier alpha value is -1.95. The molecule has 0 radical (unpaired) electrons. The van der Waals surface area contributed by atoms with Gasteiger partial charge < -0.3 is 11.1 Å². The lowest BCUT2D eigenvalue weighted by Crippen LogP contribution is -2.26. The van der Waals surface area contributed by atoms with Gasteiger partial charge in [-0.15, -0.1) is 12.3 Å². The number of carbonyl (C=O) groups is 1. The fourth-order valence-corrected chi connectivity index (χ4v) is 2.57. The van der Waals surface area contributed by atoms with Crippen molar-refractivity contribution in [1.82, 2.24) is 5.32 Å². The average molecular weight is 256 g/mol. The van der Waals surface area contributed by atoms with Crippen LogP contribution in [0.4, 0.5) is 5.69 Å². The van der Waals surface area contributed by atoms with Crippen molar-refractivity contribution in [1.29, 1.82) is 0 Å². The second-order valence-corrected chi connectivity index (χ2v) is 5.03. The van der Waals surface area contributed by atoms with E-state index in [-0.39, 0.29) is 11.9 Å². The molecule has 0 saturated carbocycles. The van der Waals surface area contributed by atoms with E-state index < -0.39 is 0 Å². The van der Waals surface area contributed by atoms with Gasteiger partial charge >= 0.3 is 0 Å². The van der Waals surface area contributed by atoms with Crippen LogP contribution < -0.4 is 11.1 Å². The first kappa shape index (κ1) is 13.5. The number of unbranched alkanes of at least 4 members (excludes halogenated alkanes) is 2. The summed E-state index contributed by atoms with van der Waals surface area (Å²) in [7, 11) is 0. The maximum Gasteiger partial charge on any atom is 0.220 e. The molecule has 19 heavy (non-hydrogen) atoms. The molecule has 0 heterocycles. The second kappa shape index (κ2) is 6.29. The van der Waals surface area contributed by atoms with E-state index in [1.807, 2.05) is 18.2 Å². The number of carbonyl (C=O) groups excluding carboxylic acids is 1. The van der Waals surface area contributed by atoms with Crippen molar-refractivity contribution in [3.8, 4) is 12.3 Å². The number of amides is 1. The highest BCUT2D eigenvalue weighted by Crippen LogP contribution is 2.32. The molecule has 1 aromatic rings. The predicted octanol–water partition coefficient (Wildman–Crippen LogP) is 2.57. The van der Waals surface area contributed by atoms with E-state index in [4.69, 9.17) is 12.2 Å². The fraction of sp³-hybridized carbons (Fsp3) is 0.438. The van der Waals surface area contributed by atoms with Gasteiger partial charge in [-0.3, -0.25) is 4.79 Å². The minimum absolute atomic E-state index is 0.117. The Morgan fingerprint density at radius 2 is 2.32 bits per heavy atom. The molecule has 0 fully saturated rings. The standard InChI is InChI=1S/C16H20N2O/c1-2-3-4-5-6-16(19)18-15-10-7-12-11-13(17)8-9-14(12)15/h1,8-9,11,15H,3-7,10,17H2,(H,18,19). The van der Waals surface area contributed by atoms with Crippen molar-refractivity contribution in [2.24, 2.45) is 0 Å². The van der Waals surface area contributed by atoms with Crippen LogP contribution in [0.15, 0.2) is 18.2 Å². The van der Waals surface area contributed by atoms with Crippen molar-refractivity contribution in [2.45, 2.75) is 44.6 Å². The van der Waals surface area contributed by atoms with Gasteiger partial charge in [-0.1, -0.05) is 6.07 Å². The summed E-state index contributed by atoms with van der Waals surface area (Å²) < 4.78 is 0. The Bertz CT molecular complexity index is 502. The summed E-state index contributed by atoms with van der Waals surface area (Å²) in [5.74, 6) is 2.71. The molecule has 0 bridgehead atoms. The van der Waals surface area contributed by atoms with Gasteiger partial charge in [0.2, 0.25) is 5.91 Å². The lowest BCUT2D eigenvalue weighted by atomic mass is 10.1. The molecule has 3 N–H and O–H groups in total. The van der Waals surface area contributed by atoms with Crippen molar-refractivity contribution >= 4 is 11.6 Å². The van der Waals surface area contributed by atoms with Crippen molar-refractivity contribution < 1.29 is 4.79 Å². The average Bonchev–Trinajstić information content (AvgIpc) is 2.77. The van der Waals surface area contributed by atoms with E-state index in [0.717, 1.165) is 37.8 Å². The first-order chi connectivity index (χ1) is 9.20. The van der Waals surface area contributed by atoms with E-state index >= 15 is 0 Å². The van der Waals surface area contributed by atoms with Crippen LogP contribution >= 0.6 is 0 Å². The summed E-state index contributed by atoms with van der Waals surface area (Å²) in [6.07, 6.45) is 10.2. The molecule has 100 valence electrons. The predicted molar refractivity (Wildman–Crippen MR) is 77.4 cm³/mol. The van der Waals surface area contributed by atoms with Gasteiger partial charge in [-0.25, -0.2) is 0 Å². The number of anilines is 1. The minimum Gasteiger partial charge on any atom is -0.399 e. The van der Waals surface area contributed by atoms with Crippen LogP contribution in [0.3, 0.4) is 0 Å². The van der Waals surface area contributed by atoms with Crippen LogP contribution in [0.5, 0.6) is 0 Å². The smallest absolute Gasteiger partial charge is 0.220 e. The number of hydrogen-bond donors (Lipinski definition) is 2. The topological polar surface area (TPSA) is 55.1 Å². The number of rotatable bonds is 5. The number of hydrogen-bond acceptors (Lipinski definition) is 2.